The fraction of sp³-hybridized carbons (Fsp3) is 0.318. The molecule has 146 valence electrons. The van der Waals surface area contributed by atoms with E-state index in [1.54, 1.807) is 24.3 Å². The van der Waals surface area contributed by atoms with Crippen molar-refractivity contribution in [1.82, 2.24) is 9.80 Å². The summed E-state index contributed by atoms with van der Waals surface area (Å²) in [6, 6.07) is 12.6. The highest BCUT2D eigenvalue weighted by molar-refractivity contribution is 6.30. The fourth-order valence-electron chi connectivity index (χ4n) is 4.19. The van der Waals surface area contributed by atoms with Crippen molar-refractivity contribution < 1.29 is 9.18 Å². The Morgan fingerprint density at radius 2 is 1.82 bits per heavy atom. The Morgan fingerprint density at radius 1 is 1.14 bits per heavy atom. The summed E-state index contributed by atoms with van der Waals surface area (Å²) in [6.45, 7) is 2.24. The Balaban J connectivity index is 1.40. The summed E-state index contributed by atoms with van der Waals surface area (Å²) >= 11 is 5.92. The zero-order valence-corrected chi connectivity index (χ0v) is 16.3. The lowest BCUT2D eigenvalue weighted by Crippen LogP contribution is -2.54. The predicted molar refractivity (Wildman–Crippen MR) is 110 cm³/mol. The van der Waals surface area contributed by atoms with Crippen LogP contribution >= 0.6 is 11.6 Å². The number of nitrogens with zero attached hydrogens (tertiary/aromatic N) is 2. The lowest BCUT2D eigenvalue weighted by molar-refractivity contribution is -0.129. The number of anilines is 1. The Hall–Kier alpha value is -2.37. The molecule has 28 heavy (non-hydrogen) atoms. The first-order valence-corrected chi connectivity index (χ1v) is 9.89. The lowest BCUT2D eigenvalue weighted by Gasteiger charge is -2.40. The van der Waals surface area contributed by atoms with Crippen LogP contribution in [0, 0.1) is 5.82 Å². The van der Waals surface area contributed by atoms with Crippen LogP contribution in [-0.2, 0) is 11.3 Å². The second-order valence-corrected chi connectivity index (χ2v) is 7.97. The van der Waals surface area contributed by atoms with Crippen molar-refractivity contribution in [1.29, 1.82) is 0 Å². The van der Waals surface area contributed by atoms with Gasteiger partial charge in [0.1, 0.15) is 5.82 Å². The van der Waals surface area contributed by atoms with E-state index in [4.69, 9.17) is 17.3 Å². The third kappa shape index (κ3) is 4.05. The number of carbonyl (C=O) groups is 1. The van der Waals surface area contributed by atoms with Gasteiger partial charge in [-0.1, -0.05) is 29.8 Å². The summed E-state index contributed by atoms with van der Waals surface area (Å²) in [6.07, 6.45) is 5.52. The number of fused-ring (bicyclic) bond motifs is 2. The van der Waals surface area contributed by atoms with Gasteiger partial charge in [-0.3, -0.25) is 9.69 Å². The Labute approximate surface area is 169 Å². The average molecular weight is 400 g/mol. The molecule has 2 aliphatic heterocycles. The van der Waals surface area contributed by atoms with Crippen molar-refractivity contribution in [3.63, 3.8) is 0 Å². The first-order chi connectivity index (χ1) is 13.5. The number of amides is 1. The standard InChI is InChI=1S/C22H23ClFN3O/c23-17-5-3-16(21(25)11-17)4-10-22(28)26-13-19-8-9-20(14-26)27(19)12-15-1-6-18(24)7-2-15/h1-7,10-11,19-20H,8-9,12-14,25H2/b10-4+. The van der Waals surface area contributed by atoms with Gasteiger partial charge >= 0.3 is 0 Å². The molecular weight excluding hydrogens is 377 g/mol. The number of rotatable bonds is 4. The van der Waals surface area contributed by atoms with E-state index in [-0.39, 0.29) is 11.7 Å². The molecule has 0 radical (unpaired) electrons. The zero-order valence-electron chi connectivity index (χ0n) is 15.5. The summed E-state index contributed by atoms with van der Waals surface area (Å²) in [7, 11) is 0. The van der Waals surface area contributed by atoms with E-state index >= 15 is 0 Å². The number of halogens is 2. The number of nitrogens with two attached hydrogens (primary N) is 1. The normalized spacial score (nSPS) is 22.1. The number of carbonyl (C=O) groups excluding carboxylic acids is 1. The van der Waals surface area contributed by atoms with Crippen LogP contribution in [-0.4, -0.2) is 40.9 Å². The number of piperazine rings is 1. The predicted octanol–water partition coefficient (Wildman–Crippen LogP) is 3.95. The van der Waals surface area contributed by atoms with E-state index in [0.717, 1.165) is 43.6 Å². The topological polar surface area (TPSA) is 49.6 Å². The largest absolute Gasteiger partial charge is 0.398 e. The van der Waals surface area contributed by atoms with E-state index in [9.17, 15) is 9.18 Å². The number of benzene rings is 2. The maximum atomic E-state index is 13.1. The first-order valence-electron chi connectivity index (χ1n) is 9.52. The molecule has 2 aliphatic rings. The number of nitrogen functional groups attached to an aromatic ring is 1. The van der Waals surface area contributed by atoms with Gasteiger partial charge in [-0.25, -0.2) is 4.39 Å². The molecule has 0 aliphatic carbocycles. The smallest absolute Gasteiger partial charge is 0.246 e. The van der Waals surface area contributed by atoms with Crippen molar-refractivity contribution in [2.45, 2.75) is 31.5 Å². The van der Waals surface area contributed by atoms with Gasteiger partial charge in [0, 0.05) is 48.5 Å². The number of hydrogen-bond donors (Lipinski definition) is 1. The summed E-state index contributed by atoms with van der Waals surface area (Å²) in [5.74, 6) is -0.206. The molecule has 2 aromatic carbocycles. The van der Waals surface area contributed by atoms with Gasteiger partial charge in [0.05, 0.1) is 0 Å². The minimum absolute atomic E-state index is 0.00711. The second kappa shape index (κ2) is 7.94. The summed E-state index contributed by atoms with van der Waals surface area (Å²) in [5, 5.41) is 0.579. The van der Waals surface area contributed by atoms with Crippen molar-refractivity contribution in [3.8, 4) is 0 Å². The van der Waals surface area contributed by atoms with Crippen molar-refractivity contribution in [3.05, 3.63) is 70.5 Å². The fourth-order valence-corrected chi connectivity index (χ4v) is 4.37. The van der Waals surface area contributed by atoms with E-state index < -0.39 is 0 Å². The molecule has 0 spiro atoms. The van der Waals surface area contributed by atoms with Crippen molar-refractivity contribution in [2.75, 3.05) is 18.8 Å². The van der Waals surface area contributed by atoms with Gasteiger partial charge in [0.25, 0.3) is 0 Å². The van der Waals surface area contributed by atoms with Crippen molar-refractivity contribution >= 4 is 29.3 Å². The van der Waals surface area contributed by atoms with Crippen LogP contribution < -0.4 is 5.73 Å². The molecule has 2 heterocycles. The molecule has 2 bridgehead atoms. The zero-order chi connectivity index (χ0) is 19.7. The molecular formula is C22H23ClFN3O. The summed E-state index contributed by atoms with van der Waals surface area (Å²) in [4.78, 5) is 17.1. The Kier molecular flexibility index (Phi) is 5.38. The van der Waals surface area contributed by atoms with Gasteiger partial charge in [0.15, 0.2) is 0 Å². The van der Waals surface area contributed by atoms with Crippen LogP contribution in [0.4, 0.5) is 10.1 Å². The van der Waals surface area contributed by atoms with Crippen LogP contribution in [0.25, 0.3) is 6.08 Å². The molecule has 2 fully saturated rings. The maximum absolute atomic E-state index is 13.1. The molecule has 4 rings (SSSR count). The van der Waals surface area contributed by atoms with Crippen LogP contribution in [0.1, 0.15) is 24.0 Å². The third-order valence-electron chi connectivity index (χ3n) is 5.68. The van der Waals surface area contributed by atoms with Gasteiger partial charge in [-0.2, -0.15) is 0 Å². The van der Waals surface area contributed by atoms with Gasteiger partial charge in [-0.05, 0) is 54.3 Å². The van der Waals surface area contributed by atoms with Crippen LogP contribution in [0.5, 0.6) is 0 Å². The maximum Gasteiger partial charge on any atom is 0.246 e. The van der Waals surface area contributed by atoms with Crippen LogP contribution in [0.15, 0.2) is 48.5 Å². The molecule has 6 heteroatoms. The minimum Gasteiger partial charge on any atom is -0.398 e. The van der Waals surface area contributed by atoms with Gasteiger partial charge in [-0.15, -0.1) is 0 Å². The molecule has 2 saturated heterocycles. The molecule has 2 atom stereocenters. The summed E-state index contributed by atoms with van der Waals surface area (Å²) in [5.41, 5.74) is 8.40. The summed E-state index contributed by atoms with van der Waals surface area (Å²) < 4.78 is 13.1. The van der Waals surface area contributed by atoms with Gasteiger partial charge in [0.2, 0.25) is 5.91 Å². The number of likely N-dealkylation sites (tertiary alicyclic amines) is 1. The highest BCUT2D eigenvalue weighted by atomic mass is 35.5. The molecule has 0 aromatic heterocycles. The quantitative estimate of drug-likeness (QED) is 0.625. The highest BCUT2D eigenvalue weighted by Crippen LogP contribution is 2.32. The second-order valence-electron chi connectivity index (χ2n) is 7.53. The highest BCUT2D eigenvalue weighted by Gasteiger charge is 2.40. The molecule has 2 aromatic rings. The molecule has 1 amide bonds. The molecule has 0 saturated carbocycles. The van der Waals surface area contributed by atoms with Gasteiger partial charge < -0.3 is 10.6 Å². The monoisotopic (exact) mass is 399 g/mol. The SMILES string of the molecule is Nc1cc(Cl)ccc1/C=C/C(=O)N1CC2CCC(C1)N2Cc1ccc(F)cc1. The van der Waals surface area contributed by atoms with Crippen LogP contribution in [0.2, 0.25) is 5.02 Å². The average Bonchev–Trinajstić information content (AvgIpc) is 2.89. The third-order valence-corrected chi connectivity index (χ3v) is 5.91. The molecule has 2 unspecified atom stereocenters. The first kappa shape index (κ1) is 19.0. The van der Waals surface area contributed by atoms with Crippen LogP contribution in [0.3, 0.4) is 0 Å². The number of hydrogen-bond acceptors (Lipinski definition) is 3. The van der Waals surface area contributed by atoms with Crippen molar-refractivity contribution in [2.24, 2.45) is 0 Å². The Morgan fingerprint density at radius 3 is 2.46 bits per heavy atom. The van der Waals surface area contributed by atoms with E-state index in [0.29, 0.717) is 22.8 Å². The van der Waals surface area contributed by atoms with E-state index in [1.807, 2.05) is 23.1 Å². The Bertz CT molecular complexity index is 885. The lowest BCUT2D eigenvalue weighted by atomic mass is 10.1. The van der Waals surface area contributed by atoms with E-state index in [1.165, 1.54) is 12.1 Å². The molecule has 4 nitrogen and oxygen atoms in total. The molecule has 2 N–H and O–H groups in total. The minimum atomic E-state index is -0.213. The van der Waals surface area contributed by atoms with E-state index in [2.05, 4.69) is 4.90 Å².